The lowest BCUT2D eigenvalue weighted by Crippen LogP contribution is -2.04. The van der Waals surface area contributed by atoms with Crippen LogP contribution in [0.4, 0.5) is 0 Å². The highest BCUT2D eigenvalue weighted by Gasteiger charge is 2.21. The predicted octanol–water partition coefficient (Wildman–Crippen LogP) is 5.53. The van der Waals surface area contributed by atoms with E-state index >= 15 is 0 Å². The van der Waals surface area contributed by atoms with E-state index in [1.54, 1.807) is 23.1 Å². The average Bonchev–Trinajstić information content (AvgIpc) is 3.31. The molecule has 24 heavy (non-hydrogen) atoms. The molecule has 0 N–H and O–H groups in total. The zero-order valence-corrected chi connectivity index (χ0v) is 15.0. The largest absolute Gasteiger partial charge is 0.416 e. The van der Waals surface area contributed by atoms with Gasteiger partial charge in [-0.05, 0) is 12.8 Å². The van der Waals surface area contributed by atoms with Crippen LogP contribution in [-0.4, -0.2) is 15.2 Å². The zero-order valence-electron chi connectivity index (χ0n) is 13.4. The van der Waals surface area contributed by atoms with Crippen LogP contribution in [0.15, 0.2) is 45.4 Å². The Morgan fingerprint density at radius 3 is 2.75 bits per heavy atom. The monoisotopic (exact) mass is 357 g/mol. The smallest absolute Gasteiger partial charge is 0.276 e. The zero-order chi connectivity index (χ0) is 16.2. The third kappa shape index (κ3) is 3.70. The standard InChI is InChI=1S/C18H19N3OS2/c1-3-7-13(8-4-1)16-20-21-18(22-16)24-12-15-11-23-17(19-15)14-9-5-2-6-10-14/h2,5-6,9-11,13H,1,3-4,7-8,12H2. The number of aromatic nitrogens is 3. The van der Waals surface area contributed by atoms with Gasteiger partial charge in [-0.3, -0.25) is 0 Å². The van der Waals surface area contributed by atoms with Gasteiger partial charge in [0, 0.05) is 22.6 Å². The molecule has 0 amide bonds. The number of rotatable bonds is 5. The van der Waals surface area contributed by atoms with Crippen LogP contribution in [-0.2, 0) is 5.75 Å². The minimum atomic E-state index is 0.463. The first-order valence-electron chi connectivity index (χ1n) is 8.34. The molecule has 0 spiro atoms. The van der Waals surface area contributed by atoms with Crippen molar-refractivity contribution in [2.75, 3.05) is 0 Å². The van der Waals surface area contributed by atoms with Crippen molar-refractivity contribution in [3.8, 4) is 10.6 Å². The molecule has 0 saturated heterocycles. The highest BCUT2D eigenvalue weighted by molar-refractivity contribution is 7.98. The lowest BCUT2D eigenvalue weighted by molar-refractivity contribution is 0.334. The summed E-state index contributed by atoms with van der Waals surface area (Å²) in [6.45, 7) is 0. The van der Waals surface area contributed by atoms with Crippen molar-refractivity contribution in [2.24, 2.45) is 0 Å². The molecule has 1 aliphatic rings. The number of thiazole rings is 1. The Morgan fingerprint density at radius 2 is 1.92 bits per heavy atom. The predicted molar refractivity (Wildman–Crippen MR) is 97.2 cm³/mol. The van der Waals surface area contributed by atoms with Crippen LogP contribution in [0.3, 0.4) is 0 Å². The second-order valence-corrected chi connectivity index (χ2v) is 7.82. The molecule has 0 unspecified atom stereocenters. The number of hydrogen-bond acceptors (Lipinski definition) is 6. The maximum atomic E-state index is 5.85. The first kappa shape index (κ1) is 15.8. The lowest BCUT2D eigenvalue weighted by Gasteiger charge is -2.17. The van der Waals surface area contributed by atoms with Gasteiger partial charge in [0.15, 0.2) is 0 Å². The molecule has 3 aromatic rings. The van der Waals surface area contributed by atoms with Crippen LogP contribution >= 0.6 is 23.1 Å². The molecule has 6 heteroatoms. The second kappa shape index (κ2) is 7.49. The van der Waals surface area contributed by atoms with Crippen LogP contribution < -0.4 is 0 Å². The summed E-state index contributed by atoms with van der Waals surface area (Å²) in [5, 5.41) is 12.3. The highest BCUT2D eigenvalue weighted by Crippen LogP contribution is 2.33. The van der Waals surface area contributed by atoms with E-state index < -0.39 is 0 Å². The molecular weight excluding hydrogens is 338 g/mol. The SMILES string of the molecule is c1ccc(-c2nc(CSc3nnc(C4CCCCC4)o3)cs2)cc1. The molecule has 0 aliphatic heterocycles. The van der Waals surface area contributed by atoms with E-state index in [1.807, 2.05) is 18.2 Å². The molecule has 1 aliphatic carbocycles. The van der Waals surface area contributed by atoms with Gasteiger partial charge in [0.25, 0.3) is 5.22 Å². The fourth-order valence-corrected chi connectivity index (χ4v) is 4.61. The summed E-state index contributed by atoms with van der Waals surface area (Å²) in [4.78, 5) is 4.70. The van der Waals surface area contributed by atoms with Crippen LogP contribution in [0.5, 0.6) is 0 Å². The second-order valence-electron chi connectivity index (χ2n) is 6.04. The maximum Gasteiger partial charge on any atom is 0.276 e. The molecule has 2 aromatic heterocycles. The van der Waals surface area contributed by atoms with Crippen molar-refractivity contribution in [2.45, 2.75) is 49.0 Å². The molecule has 0 bridgehead atoms. The minimum absolute atomic E-state index is 0.463. The Kier molecular flexibility index (Phi) is 4.94. The van der Waals surface area contributed by atoms with E-state index in [0.29, 0.717) is 11.1 Å². The molecule has 1 saturated carbocycles. The third-order valence-corrected chi connectivity index (χ3v) is 6.08. The van der Waals surface area contributed by atoms with Crippen LogP contribution in [0, 0.1) is 0 Å². The molecule has 2 heterocycles. The number of benzene rings is 1. The summed E-state index contributed by atoms with van der Waals surface area (Å²) in [5.41, 5.74) is 2.22. The summed E-state index contributed by atoms with van der Waals surface area (Å²) < 4.78 is 5.85. The lowest BCUT2D eigenvalue weighted by atomic mass is 9.89. The van der Waals surface area contributed by atoms with Gasteiger partial charge >= 0.3 is 0 Å². The Hall–Kier alpha value is -1.66. The molecule has 4 nitrogen and oxygen atoms in total. The summed E-state index contributed by atoms with van der Waals surface area (Å²) in [7, 11) is 0. The fraction of sp³-hybridized carbons (Fsp3) is 0.389. The van der Waals surface area contributed by atoms with E-state index in [0.717, 1.165) is 27.9 Å². The van der Waals surface area contributed by atoms with Gasteiger partial charge in [-0.15, -0.1) is 21.5 Å². The van der Waals surface area contributed by atoms with Gasteiger partial charge in [-0.2, -0.15) is 0 Å². The van der Waals surface area contributed by atoms with Crippen molar-refractivity contribution >= 4 is 23.1 Å². The normalized spacial score (nSPS) is 15.7. The number of nitrogens with zero attached hydrogens (tertiary/aromatic N) is 3. The fourth-order valence-electron chi connectivity index (χ4n) is 3.02. The minimum Gasteiger partial charge on any atom is -0.416 e. The first-order chi connectivity index (χ1) is 11.9. The first-order valence-corrected chi connectivity index (χ1v) is 10.2. The summed E-state index contributed by atoms with van der Waals surface area (Å²) in [5.74, 6) is 2.04. The molecule has 0 atom stereocenters. The quantitative estimate of drug-likeness (QED) is 0.562. The Bertz CT molecular complexity index is 778. The molecule has 124 valence electrons. The molecule has 0 radical (unpaired) electrons. The number of hydrogen-bond donors (Lipinski definition) is 0. The van der Waals surface area contributed by atoms with Gasteiger partial charge in [-0.1, -0.05) is 61.4 Å². The molecule has 1 aromatic carbocycles. The highest BCUT2D eigenvalue weighted by atomic mass is 32.2. The van der Waals surface area contributed by atoms with Gasteiger partial charge < -0.3 is 4.42 Å². The van der Waals surface area contributed by atoms with E-state index in [2.05, 4.69) is 27.7 Å². The van der Waals surface area contributed by atoms with Gasteiger partial charge in [0.2, 0.25) is 5.89 Å². The summed E-state index contributed by atoms with van der Waals surface area (Å²) in [6, 6.07) is 10.3. The van der Waals surface area contributed by atoms with E-state index in [1.165, 1.54) is 32.1 Å². The maximum absolute atomic E-state index is 5.85. The number of thioether (sulfide) groups is 1. The Balaban J connectivity index is 1.37. The van der Waals surface area contributed by atoms with Crippen molar-refractivity contribution in [1.29, 1.82) is 0 Å². The Labute approximate surface area is 149 Å². The molecule has 1 fully saturated rings. The Morgan fingerprint density at radius 1 is 1.08 bits per heavy atom. The molecule has 4 rings (SSSR count). The van der Waals surface area contributed by atoms with E-state index in [-0.39, 0.29) is 0 Å². The van der Waals surface area contributed by atoms with Crippen molar-refractivity contribution in [3.05, 3.63) is 47.3 Å². The van der Waals surface area contributed by atoms with Gasteiger partial charge in [-0.25, -0.2) is 4.98 Å². The summed E-state index contributed by atoms with van der Waals surface area (Å²) in [6.07, 6.45) is 6.24. The summed E-state index contributed by atoms with van der Waals surface area (Å²) >= 11 is 3.25. The van der Waals surface area contributed by atoms with Crippen LogP contribution in [0.1, 0.15) is 49.6 Å². The van der Waals surface area contributed by atoms with Gasteiger partial charge in [0.1, 0.15) is 5.01 Å². The van der Waals surface area contributed by atoms with E-state index in [9.17, 15) is 0 Å². The van der Waals surface area contributed by atoms with Crippen molar-refractivity contribution in [1.82, 2.24) is 15.2 Å². The van der Waals surface area contributed by atoms with Crippen molar-refractivity contribution in [3.63, 3.8) is 0 Å². The average molecular weight is 358 g/mol. The van der Waals surface area contributed by atoms with E-state index in [4.69, 9.17) is 9.40 Å². The van der Waals surface area contributed by atoms with Crippen molar-refractivity contribution < 1.29 is 4.42 Å². The topological polar surface area (TPSA) is 51.8 Å². The third-order valence-electron chi connectivity index (χ3n) is 4.29. The van der Waals surface area contributed by atoms with Crippen LogP contribution in [0.25, 0.3) is 10.6 Å². The van der Waals surface area contributed by atoms with Gasteiger partial charge in [0.05, 0.1) is 5.69 Å². The molecular formula is C18H19N3OS2. The van der Waals surface area contributed by atoms with Crippen LogP contribution in [0.2, 0.25) is 0 Å².